The fraction of sp³-hybridized carbons (Fsp3) is 0.500. The Balaban J connectivity index is 1.98. The van der Waals surface area contributed by atoms with E-state index in [-0.39, 0.29) is 30.3 Å². The van der Waals surface area contributed by atoms with Gasteiger partial charge in [0.2, 0.25) is 5.91 Å². The molecule has 0 bridgehead atoms. The molecule has 104 valence electrons. The third kappa shape index (κ3) is 3.24. The lowest BCUT2D eigenvalue weighted by atomic mass is 10.1. The molecule has 1 aliphatic rings. The van der Waals surface area contributed by atoms with Crippen molar-refractivity contribution in [1.29, 1.82) is 0 Å². The van der Waals surface area contributed by atoms with Gasteiger partial charge in [0.25, 0.3) is 0 Å². The van der Waals surface area contributed by atoms with Gasteiger partial charge < -0.3 is 19.5 Å². The Morgan fingerprint density at radius 3 is 2.47 bits per heavy atom. The predicted octanol–water partition coefficient (Wildman–Crippen LogP) is 0.807. The summed E-state index contributed by atoms with van der Waals surface area (Å²) in [5, 5.41) is 9.39. The van der Waals surface area contributed by atoms with Gasteiger partial charge in [-0.15, -0.1) is 0 Å². The van der Waals surface area contributed by atoms with Crippen LogP contribution in [0, 0.1) is 0 Å². The van der Waals surface area contributed by atoms with E-state index in [4.69, 9.17) is 9.47 Å². The number of phenols is 1. The van der Waals surface area contributed by atoms with Crippen LogP contribution in [-0.4, -0.2) is 55.4 Å². The van der Waals surface area contributed by atoms with Crippen molar-refractivity contribution in [2.45, 2.75) is 18.6 Å². The molecule has 1 aliphatic heterocycles. The second kappa shape index (κ2) is 6.04. The molecule has 0 aliphatic carbocycles. The molecule has 1 amide bonds. The summed E-state index contributed by atoms with van der Waals surface area (Å²) in [4.78, 5) is 13.9. The molecule has 0 radical (unpaired) electrons. The number of carbonyl (C=O) groups is 1. The molecule has 5 nitrogen and oxygen atoms in total. The van der Waals surface area contributed by atoms with Crippen molar-refractivity contribution in [2.75, 3.05) is 27.3 Å². The maximum absolute atomic E-state index is 12.2. The molecule has 1 fully saturated rings. The number of likely N-dealkylation sites (tertiary alicyclic amines) is 1. The lowest BCUT2D eigenvalue weighted by Gasteiger charge is -2.15. The molecule has 2 unspecified atom stereocenters. The minimum Gasteiger partial charge on any atom is -0.508 e. The van der Waals surface area contributed by atoms with Gasteiger partial charge in [0.05, 0.1) is 6.42 Å². The van der Waals surface area contributed by atoms with Gasteiger partial charge in [-0.3, -0.25) is 4.79 Å². The highest BCUT2D eigenvalue weighted by molar-refractivity contribution is 5.79. The van der Waals surface area contributed by atoms with Crippen LogP contribution >= 0.6 is 0 Å². The maximum Gasteiger partial charge on any atom is 0.227 e. The summed E-state index contributed by atoms with van der Waals surface area (Å²) >= 11 is 0. The largest absolute Gasteiger partial charge is 0.508 e. The zero-order chi connectivity index (χ0) is 13.8. The molecule has 2 atom stereocenters. The van der Waals surface area contributed by atoms with Crippen LogP contribution in [0.15, 0.2) is 24.3 Å². The monoisotopic (exact) mass is 265 g/mol. The maximum atomic E-state index is 12.2. The van der Waals surface area contributed by atoms with Crippen molar-refractivity contribution < 1.29 is 19.4 Å². The van der Waals surface area contributed by atoms with Crippen LogP contribution in [0.3, 0.4) is 0 Å². The second-order valence-corrected chi connectivity index (χ2v) is 4.69. The van der Waals surface area contributed by atoms with Crippen molar-refractivity contribution in [2.24, 2.45) is 0 Å². The zero-order valence-corrected chi connectivity index (χ0v) is 11.2. The number of carbonyl (C=O) groups excluding carboxylic acids is 1. The van der Waals surface area contributed by atoms with E-state index in [0.29, 0.717) is 13.1 Å². The average molecular weight is 265 g/mol. The Bertz CT molecular complexity index is 437. The molecule has 1 aromatic rings. The molecule has 1 saturated heterocycles. The first-order valence-electron chi connectivity index (χ1n) is 6.25. The van der Waals surface area contributed by atoms with Crippen molar-refractivity contribution >= 4 is 5.91 Å². The summed E-state index contributed by atoms with van der Waals surface area (Å²) in [6.07, 6.45) is 0.137. The van der Waals surface area contributed by atoms with Gasteiger partial charge in [0, 0.05) is 27.3 Å². The molecule has 0 aromatic heterocycles. The third-order valence-corrected chi connectivity index (χ3v) is 3.44. The number of methoxy groups -OCH3 is 2. The van der Waals surface area contributed by atoms with Crippen molar-refractivity contribution in [1.82, 2.24) is 4.90 Å². The Morgan fingerprint density at radius 2 is 1.95 bits per heavy atom. The van der Waals surface area contributed by atoms with Crippen LogP contribution in [0.25, 0.3) is 0 Å². The number of benzene rings is 1. The van der Waals surface area contributed by atoms with Crippen molar-refractivity contribution in [3.8, 4) is 5.75 Å². The number of nitrogens with zero attached hydrogens (tertiary/aromatic N) is 1. The van der Waals surface area contributed by atoms with E-state index in [0.717, 1.165) is 5.56 Å². The molecule has 0 saturated carbocycles. The highest BCUT2D eigenvalue weighted by atomic mass is 16.5. The molecular weight excluding hydrogens is 246 g/mol. The van der Waals surface area contributed by atoms with Gasteiger partial charge in [0.1, 0.15) is 18.0 Å². The van der Waals surface area contributed by atoms with Crippen LogP contribution in [0.1, 0.15) is 5.56 Å². The van der Waals surface area contributed by atoms with E-state index in [1.54, 1.807) is 37.3 Å². The minimum absolute atomic E-state index is 0.0206. The number of rotatable bonds is 4. The molecule has 0 spiro atoms. The molecule has 1 heterocycles. The summed E-state index contributed by atoms with van der Waals surface area (Å²) in [6.45, 7) is 1.10. The summed E-state index contributed by atoms with van der Waals surface area (Å²) in [5.74, 6) is 0.198. The third-order valence-electron chi connectivity index (χ3n) is 3.44. The van der Waals surface area contributed by atoms with Crippen LogP contribution < -0.4 is 0 Å². The fourth-order valence-corrected chi connectivity index (χ4v) is 2.35. The summed E-state index contributed by atoms with van der Waals surface area (Å²) < 4.78 is 10.6. The average Bonchev–Trinajstić information content (AvgIpc) is 2.82. The number of phenolic OH excluding ortho intramolecular Hbond substituents is 1. The lowest BCUT2D eigenvalue weighted by molar-refractivity contribution is -0.130. The van der Waals surface area contributed by atoms with Crippen molar-refractivity contribution in [3.63, 3.8) is 0 Å². The highest BCUT2D eigenvalue weighted by Crippen LogP contribution is 2.18. The molecule has 5 heteroatoms. The predicted molar refractivity (Wildman–Crippen MR) is 70.0 cm³/mol. The minimum atomic E-state index is -0.0712. The Kier molecular flexibility index (Phi) is 4.39. The normalized spacial score (nSPS) is 22.7. The van der Waals surface area contributed by atoms with Crippen LogP contribution in [-0.2, 0) is 20.7 Å². The SMILES string of the molecule is COC1CN(C(=O)Cc2cccc(O)c2)CC1OC. The molecule has 19 heavy (non-hydrogen) atoms. The van der Waals surface area contributed by atoms with E-state index in [9.17, 15) is 9.90 Å². The number of aromatic hydroxyl groups is 1. The van der Waals surface area contributed by atoms with Crippen LogP contribution in [0.2, 0.25) is 0 Å². The van der Waals surface area contributed by atoms with Crippen LogP contribution in [0.4, 0.5) is 0 Å². The number of ether oxygens (including phenoxy) is 2. The molecule has 1 N–H and O–H groups in total. The van der Waals surface area contributed by atoms with E-state index in [1.165, 1.54) is 0 Å². The number of hydrogen-bond donors (Lipinski definition) is 1. The van der Waals surface area contributed by atoms with E-state index < -0.39 is 0 Å². The van der Waals surface area contributed by atoms with Gasteiger partial charge in [-0.25, -0.2) is 0 Å². The summed E-state index contributed by atoms with van der Waals surface area (Å²) in [5.41, 5.74) is 0.805. The first-order valence-corrected chi connectivity index (χ1v) is 6.25. The summed E-state index contributed by atoms with van der Waals surface area (Å²) in [7, 11) is 3.25. The van der Waals surface area contributed by atoms with Gasteiger partial charge in [0.15, 0.2) is 0 Å². The number of hydrogen-bond acceptors (Lipinski definition) is 4. The standard InChI is InChI=1S/C14H19NO4/c1-18-12-8-15(9-13(12)19-2)14(17)7-10-4-3-5-11(16)6-10/h3-6,12-13,16H,7-9H2,1-2H3. The highest BCUT2D eigenvalue weighted by Gasteiger charge is 2.35. The lowest BCUT2D eigenvalue weighted by Crippen LogP contribution is -2.31. The quantitative estimate of drug-likeness (QED) is 0.875. The van der Waals surface area contributed by atoms with Crippen molar-refractivity contribution in [3.05, 3.63) is 29.8 Å². The van der Waals surface area contributed by atoms with Crippen LogP contribution in [0.5, 0.6) is 5.75 Å². The Morgan fingerprint density at radius 1 is 1.32 bits per heavy atom. The summed E-state index contributed by atoms with van der Waals surface area (Å²) in [6, 6.07) is 6.76. The van der Waals surface area contributed by atoms with Gasteiger partial charge in [-0.1, -0.05) is 12.1 Å². The number of amides is 1. The first-order chi connectivity index (χ1) is 9.13. The molecule has 1 aromatic carbocycles. The fourth-order valence-electron chi connectivity index (χ4n) is 2.35. The topological polar surface area (TPSA) is 59.0 Å². The molecular formula is C14H19NO4. The zero-order valence-electron chi connectivity index (χ0n) is 11.2. The first kappa shape index (κ1) is 13.8. The van der Waals surface area contributed by atoms with E-state index in [2.05, 4.69) is 0 Å². The second-order valence-electron chi connectivity index (χ2n) is 4.69. The van der Waals surface area contributed by atoms with Gasteiger partial charge in [-0.2, -0.15) is 0 Å². The van der Waals surface area contributed by atoms with E-state index in [1.807, 2.05) is 6.07 Å². The van der Waals surface area contributed by atoms with Gasteiger partial charge in [-0.05, 0) is 17.7 Å². The van der Waals surface area contributed by atoms with Gasteiger partial charge >= 0.3 is 0 Å². The van der Waals surface area contributed by atoms with E-state index >= 15 is 0 Å². The Labute approximate surface area is 112 Å². The Hall–Kier alpha value is -1.59. The molecule has 2 rings (SSSR count). The smallest absolute Gasteiger partial charge is 0.227 e.